The summed E-state index contributed by atoms with van der Waals surface area (Å²) in [7, 11) is 0. The molecular formula is C14H14BrCl2NS. The molecule has 0 amide bonds. The molecule has 5 heteroatoms. The highest BCUT2D eigenvalue weighted by Crippen LogP contribution is 2.38. The van der Waals surface area contributed by atoms with E-state index in [-0.39, 0.29) is 6.04 Å². The lowest BCUT2D eigenvalue weighted by molar-refractivity contribution is 0.606. The summed E-state index contributed by atoms with van der Waals surface area (Å²) in [5.74, 6) is 0. The minimum absolute atomic E-state index is 0.0856. The molecule has 2 rings (SSSR count). The van der Waals surface area contributed by atoms with Gasteiger partial charge in [0.2, 0.25) is 0 Å². The second kappa shape index (κ2) is 7.09. The summed E-state index contributed by atoms with van der Waals surface area (Å²) in [6.45, 7) is 3.08. The van der Waals surface area contributed by atoms with Crippen LogP contribution in [-0.2, 0) is 0 Å². The lowest BCUT2D eigenvalue weighted by Gasteiger charge is -2.18. The fourth-order valence-electron chi connectivity index (χ4n) is 1.87. The van der Waals surface area contributed by atoms with Crippen LogP contribution >= 0.6 is 50.5 Å². The third kappa shape index (κ3) is 3.73. The molecule has 1 N–H and O–H groups in total. The summed E-state index contributed by atoms with van der Waals surface area (Å²) in [6, 6.07) is 10.0. The number of halogens is 3. The van der Waals surface area contributed by atoms with Crippen LogP contribution < -0.4 is 5.32 Å². The lowest BCUT2D eigenvalue weighted by atomic mass is 10.1. The number of benzene rings is 1. The Bertz CT molecular complexity index is 537. The topological polar surface area (TPSA) is 12.0 Å². The minimum atomic E-state index is 0.0856. The zero-order chi connectivity index (χ0) is 13.8. The molecular weight excluding hydrogens is 365 g/mol. The normalized spacial score (nSPS) is 12.6. The second-order valence-electron chi connectivity index (χ2n) is 4.18. The van der Waals surface area contributed by atoms with Gasteiger partial charge in [0.25, 0.3) is 0 Å². The van der Waals surface area contributed by atoms with E-state index in [1.54, 1.807) is 11.3 Å². The molecule has 0 fully saturated rings. The number of rotatable bonds is 5. The second-order valence-corrected chi connectivity index (χ2v) is 7.40. The molecule has 1 nitrogen and oxygen atoms in total. The first-order valence-corrected chi connectivity index (χ1v) is 8.42. The number of nitrogens with one attached hydrogen (secondary N) is 1. The monoisotopic (exact) mass is 377 g/mol. The van der Waals surface area contributed by atoms with Gasteiger partial charge in [0, 0.05) is 9.90 Å². The molecule has 0 aliphatic rings. The maximum Gasteiger partial charge on any atom is 0.0888 e. The van der Waals surface area contributed by atoms with Crippen LogP contribution in [0.4, 0.5) is 0 Å². The molecule has 1 unspecified atom stereocenters. The Hall–Kier alpha value is -0.0600. The third-order valence-electron chi connectivity index (χ3n) is 2.76. The van der Waals surface area contributed by atoms with Crippen LogP contribution in [0.15, 0.2) is 34.1 Å². The Morgan fingerprint density at radius 1 is 1.26 bits per heavy atom. The van der Waals surface area contributed by atoms with E-state index in [0.717, 1.165) is 32.4 Å². The van der Waals surface area contributed by atoms with Gasteiger partial charge < -0.3 is 5.32 Å². The number of hydrogen-bond acceptors (Lipinski definition) is 2. The van der Waals surface area contributed by atoms with Gasteiger partial charge in [-0.15, -0.1) is 11.3 Å². The molecule has 0 spiro atoms. The van der Waals surface area contributed by atoms with Crippen LogP contribution in [0.3, 0.4) is 0 Å². The van der Waals surface area contributed by atoms with E-state index in [2.05, 4.69) is 34.2 Å². The van der Waals surface area contributed by atoms with E-state index >= 15 is 0 Å². The highest BCUT2D eigenvalue weighted by Gasteiger charge is 2.19. The van der Waals surface area contributed by atoms with Gasteiger partial charge in [0.15, 0.2) is 0 Å². The summed E-state index contributed by atoms with van der Waals surface area (Å²) in [5, 5.41) is 5.05. The predicted octanol–water partition coefficient (Wildman–Crippen LogP) is 5.91. The molecule has 1 heterocycles. The summed E-state index contributed by atoms with van der Waals surface area (Å²) in [4.78, 5) is 1.17. The summed E-state index contributed by atoms with van der Waals surface area (Å²) in [6.07, 6.45) is 1.07. The smallest absolute Gasteiger partial charge is 0.0888 e. The summed E-state index contributed by atoms with van der Waals surface area (Å²) in [5.41, 5.74) is 1.09. The first-order chi connectivity index (χ1) is 9.13. The van der Waals surface area contributed by atoms with Crippen molar-refractivity contribution in [3.05, 3.63) is 54.6 Å². The largest absolute Gasteiger partial charge is 0.306 e. The first kappa shape index (κ1) is 15.3. The molecule has 0 aliphatic heterocycles. The SMILES string of the molecule is CCCNC(c1cc(Cl)c(Br)s1)c1ccccc1Cl. The van der Waals surface area contributed by atoms with E-state index in [4.69, 9.17) is 23.2 Å². The molecule has 0 bridgehead atoms. The molecule has 2 aromatic rings. The fraction of sp³-hybridized carbons (Fsp3) is 0.286. The Kier molecular flexibility index (Phi) is 5.72. The van der Waals surface area contributed by atoms with Crippen LogP contribution in [0.2, 0.25) is 10.0 Å². The van der Waals surface area contributed by atoms with E-state index in [0.29, 0.717) is 0 Å². The van der Waals surface area contributed by atoms with Gasteiger partial charge in [0.05, 0.1) is 14.9 Å². The fourth-order valence-corrected chi connectivity index (χ4v) is 3.95. The van der Waals surface area contributed by atoms with Crippen LogP contribution in [0.1, 0.15) is 29.8 Å². The van der Waals surface area contributed by atoms with Crippen molar-refractivity contribution < 1.29 is 0 Å². The molecule has 1 aromatic carbocycles. The van der Waals surface area contributed by atoms with E-state index in [9.17, 15) is 0 Å². The minimum Gasteiger partial charge on any atom is -0.306 e. The van der Waals surface area contributed by atoms with Crippen molar-refractivity contribution in [3.8, 4) is 0 Å². The van der Waals surface area contributed by atoms with Crippen molar-refractivity contribution in [2.45, 2.75) is 19.4 Å². The standard InChI is InChI=1S/C14H14BrCl2NS/c1-2-7-18-13(9-5-3-4-6-10(9)16)12-8-11(17)14(15)19-12/h3-6,8,13,18H,2,7H2,1H3. The molecule has 0 saturated heterocycles. The van der Waals surface area contributed by atoms with Crippen molar-refractivity contribution in [1.82, 2.24) is 5.32 Å². The number of hydrogen-bond donors (Lipinski definition) is 1. The van der Waals surface area contributed by atoms with Crippen LogP contribution in [0.25, 0.3) is 0 Å². The van der Waals surface area contributed by atoms with E-state index < -0.39 is 0 Å². The van der Waals surface area contributed by atoms with Crippen molar-refractivity contribution in [3.63, 3.8) is 0 Å². The highest BCUT2D eigenvalue weighted by atomic mass is 79.9. The Balaban J connectivity index is 2.38. The van der Waals surface area contributed by atoms with Gasteiger partial charge in [0.1, 0.15) is 0 Å². The molecule has 0 radical (unpaired) electrons. The van der Waals surface area contributed by atoms with Gasteiger partial charge in [-0.3, -0.25) is 0 Å². The Labute approximate surface area is 136 Å². The zero-order valence-electron chi connectivity index (χ0n) is 10.4. The van der Waals surface area contributed by atoms with Gasteiger partial charge in [-0.05, 0) is 46.6 Å². The molecule has 1 aromatic heterocycles. The molecule has 19 heavy (non-hydrogen) atoms. The quantitative estimate of drug-likeness (QED) is 0.682. The van der Waals surface area contributed by atoms with Gasteiger partial charge in [-0.25, -0.2) is 0 Å². The zero-order valence-corrected chi connectivity index (χ0v) is 14.3. The maximum absolute atomic E-state index is 6.31. The van der Waals surface area contributed by atoms with Crippen molar-refractivity contribution >= 4 is 50.5 Å². The van der Waals surface area contributed by atoms with Gasteiger partial charge in [-0.1, -0.05) is 48.3 Å². The van der Waals surface area contributed by atoms with Crippen molar-refractivity contribution in [2.75, 3.05) is 6.54 Å². The van der Waals surface area contributed by atoms with E-state index in [1.807, 2.05) is 24.3 Å². The van der Waals surface area contributed by atoms with Crippen LogP contribution in [0.5, 0.6) is 0 Å². The van der Waals surface area contributed by atoms with Gasteiger partial charge in [-0.2, -0.15) is 0 Å². The van der Waals surface area contributed by atoms with Crippen LogP contribution in [0, 0.1) is 0 Å². The summed E-state index contributed by atoms with van der Waals surface area (Å²) < 4.78 is 0.958. The number of thiophene rings is 1. The lowest BCUT2D eigenvalue weighted by Crippen LogP contribution is -2.22. The van der Waals surface area contributed by atoms with Crippen molar-refractivity contribution in [1.29, 1.82) is 0 Å². The average Bonchev–Trinajstić information content (AvgIpc) is 2.72. The van der Waals surface area contributed by atoms with Crippen LogP contribution in [-0.4, -0.2) is 6.54 Å². The molecule has 1 atom stereocenters. The Morgan fingerprint density at radius 3 is 2.58 bits per heavy atom. The molecule has 0 saturated carbocycles. The highest BCUT2D eigenvalue weighted by molar-refractivity contribution is 9.11. The average molecular weight is 379 g/mol. The molecule has 102 valence electrons. The predicted molar refractivity (Wildman–Crippen MR) is 88.6 cm³/mol. The third-order valence-corrected chi connectivity index (χ3v) is 5.65. The Morgan fingerprint density at radius 2 is 2.00 bits per heavy atom. The van der Waals surface area contributed by atoms with Gasteiger partial charge >= 0.3 is 0 Å². The maximum atomic E-state index is 6.31. The van der Waals surface area contributed by atoms with Crippen molar-refractivity contribution in [2.24, 2.45) is 0 Å². The van der Waals surface area contributed by atoms with E-state index in [1.165, 1.54) is 4.88 Å². The molecule has 0 aliphatic carbocycles. The first-order valence-electron chi connectivity index (χ1n) is 6.06. The summed E-state index contributed by atoms with van der Waals surface area (Å²) >= 11 is 17.6.